The summed E-state index contributed by atoms with van der Waals surface area (Å²) in [5.41, 5.74) is 6.74. The first-order chi connectivity index (χ1) is 49.8. The minimum absolute atomic E-state index is 0.000264. The summed E-state index contributed by atoms with van der Waals surface area (Å²) in [6.45, 7) is 6.43. The number of aromatic nitrogens is 4. The standard InChI is InChI=1S/C28H27N5O5.C26H21N5O4.C22H19N3O5/c1-17-24(18(2)32(3)31-17)19-6-9-21(10-7-19)28(26(36)29-27(37)30-28)16-33-15-20-8-11-22(14-23(20)25(33)35)38-13-5-4-12-34;1-2-3-12-35-20-9-6-18-15-31(23(32)21(18)13-20)16-26(24(33)29-25(34)30-26)19-7-4-17(5-8-19)22-14-27-10-11-28-22;26-10-4-5-11-30-17-8-9-18-15(12-17)13-25(19(18)27)14-22(16-6-2-1-3-7-16)20(28)23-21(29)24-22/h6-11,14,34H,12-13,15-16H2,1-3H3,(H2,29,30,36,37);4-11,13-14H,12,15-16H2,1H3,(H2,29,30,33,34);1-3,6-9,12,26H,10-11,13-14H2,(H2,23,24,28,29)/t28-;26-;22-/m000/s1. The molecule has 6 aliphatic rings. The summed E-state index contributed by atoms with van der Waals surface area (Å²) in [6, 6.07) is 37.2. The third-order valence-electron chi connectivity index (χ3n) is 18.2. The first-order valence-corrected chi connectivity index (χ1v) is 32.4. The number of rotatable bonds is 17. The van der Waals surface area contributed by atoms with Crippen LogP contribution in [0.5, 0.6) is 17.2 Å². The van der Waals surface area contributed by atoms with E-state index in [2.05, 4.69) is 82.5 Å². The first-order valence-electron chi connectivity index (χ1n) is 32.4. The van der Waals surface area contributed by atoms with Crippen LogP contribution in [0.2, 0.25) is 0 Å². The molecule has 27 heteroatoms. The van der Waals surface area contributed by atoms with Gasteiger partial charge in [-0.1, -0.05) is 121 Å². The van der Waals surface area contributed by atoms with Crippen molar-refractivity contribution >= 4 is 53.5 Å². The lowest BCUT2D eigenvalue weighted by Crippen LogP contribution is -2.52. The maximum atomic E-state index is 13.3. The number of amides is 12. The predicted molar refractivity (Wildman–Crippen MR) is 370 cm³/mol. The van der Waals surface area contributed by atoms with Gasteiger partial charge in [0.15, 0.2) is 16.6 Å². The number of aliphatic hydroxyl groups is 2. The Kier molecular flexibility index (Phi) is 20.1. The molecular weight excluding hydrogens is 1320 g/mol. The quantitative estimate of drug-likeness (QED) is 0.0450. The molecule has 520 valence electrons. The number of benzene rings is 6. The molecule has 0 bridgehead atoms. The van der Waals surface area contributed by atoms with Crippen molar-refractivity contribution in [3.63, 3.8) is 0 Å². The third kappa shape index (κ3) is 14.2. The molecule has 6 aliphatic heterocycles. The lowest BCUT2D eigenvalue weighted by Gasteiger charge is -2.31. The van der Waals surface area contributed by atoms with Gasteiger partial charge in [0.2, 0.25) is 0 Å². The number of carbonyl (C=O) groups is 9. The fourth-order valence-corrected chi connectivity index (χ4v) is 13.1. The second-order valence-corrected chi connectivity index (χ2v) is 24.5. The van der Waals surface area contributed by atoms with Crippen LogP contribution < -0.4 is 46.1 Å². The predicted octanol–water partition coefficient (Wildman–Crippen LogP) is 4.76. The molecule has 0 aliphatic carbocycles. The van der Waals surface area contributed by atoms with E-state index in [9.17, 15) is 43.2 Å². The maximum absolute atomic E-state index is 13.3. The topological polar surface area (TPSA) is 347 Å². The molecule has 8 aromatic rings. The number of nitrogens with zero attached hydrogens (tertiary/aromatic N) is 7. The van der Waals surface area contributed by atoms with Crippen LogP contribution in [0.25, 0.3) is 22.4 Å². The van der Waals surface area contributed by atoms with Crippen LogP contribution in [0.15, 0.2) is 152 Å². The van der Waals surface area contributed by atoms with E-state index in [-0.39, 0.29) is 83.5 Å². The van der Waals surface area contributed by atoms with Crippen molar-refractivity contribution in [2.24, 2.45) is 7.05 Å². The third-order valence-corrected chi connectivity index (χ3v) is 18.2. The van der Waals surface area contributed by atoms with Crippen LogP contribution in [0, 0.1) is 49.4 Å². The molecule has 3 fully saturated rings. The van der Waals surface area contributed by atoms with Gasteiger partial charge in [-0.3, -0.25) is 59.4 Å². The van der Waals surface area contributed by atoms with E-state index < -0.39 is 52.4 Å². The van der Waals surface area contributed by atoms with Crippen molar-refractivity contribution in [2.75, 3.05) is 52.7 Å². The molecule has 0 saturated carbocycles. The number of carbonyl (C=O) groups excluding carboxylic acids is 9. The van der Waals surface area contributed by atoms with Crippen molar-refractivity contribution < 1.29 is 67.6 Å². The van der Waals surface area contributed by atoms with Crippen LogP contribution in [-0.2, 0) is 57.7 Å². The van der Waals surface area contributed by atoms with Gasteiger partial charge in [-0.2, -0.15) is 5.10 Å². The maximum Gasteiger partial charge on any atom is 0.322 e. The molecule has 8 heterocycles. The molecule has 103 heavy (non-hydrogen) atoms. The van der Waals surface area contributed by atoms with Gasteiger partial charge in [-0.25, -0.2) is 14.4 Å². The van der Waals surface area contributed by atoms with Crippen LogP contribution >= 0.6 is 0 Å². The van der Waals surface area contributed by atoms with E-state index in [0.717, 1.165) is 44.8 Å². The number of fused-ring (bicyclic) bond motifs is 3. The van der Waals surface area contributed by atoms with Crippen molar-refractivity contribution in [3.05, 3.63) is 214 Å². The van der Waals surface area contributed by atoms with Crippen molar-refractivity contribution in [3.8, 4) is 75.2 Å². The van der Waals surface area contributed by atoms with Crippen LogP contribution in [0.1, 0.15) is 82.8 Å². The van der Waals surface area contributed by atoms with Crippen LogP contribution in [0.4, 0.5) is 14.4 Å². The van der Waals surface area contributed by atoms with Crippen LogP contribution in [-0.4, -0.2) is 151 Å². The zero-order valence-corrected chi connectivity index (χ0v) is 56.1. The Morgan fingerprint density at radius 2 is 0.922 bits per heavy atom. The van der Waals surface area contributed by atoms with E-state index in [1.165, 1.54) is 4.90 Å². The summed E-state index contributed by atoms with van der Waals surface area (Å²) in [4.78, 5) is 128. The highest BCUT2D eigenvalue weighted by molar-refractivity contribution is 6.10. The largest absolute Gasteiger partial charge is 0.481 e. The number of aryl methyl sites for hydroxylation is 2. The summed E-state index contributed by atoms with van der Waals surface area (Å²) in [7, 11) is 1.89. The first kappa shape index (κ1) is 69.7. The van der Waals surface area contributed by atoms with Crippen LogP contribution in [0.3, 0.4) is 0 Å². The summed E-state index contributed by atoms with van der Waals surface area (Å²) < 4.78 is 18.5. The van der Waals surface area contributed by atoms with Gasteiger partial charge in [0.05, 0.1) is 37.2 Å². The smallest absolute Gasteiger partial charge is 0.322 e. The zero-order valence-electron chi connectivity index (χ0n) is 56.1. The summed E-state index contributed by atoms with van der Waals surface area (Å²) in [6.07, 6.45) is 4.83. The van der Waals surface area contributed by atoms with Gasteiger partial charge in [0.25, 0.3) is 35.4 Å². The molecule has 0 unspecified atom stereocenters. The van der Waals surface area contributed by atoms with Gasteiger partial charge in [0.1, 0.15) is 50.3 Å². The molecule has 3 atom stereocenters. The molecule has 2 aromatic heterocycles. The Morgan fingerprint density at radius 3 is 1.35 bits per heavy atom. The van der Waals surface area contributed by atoms with Gasteiger partial charge in [-0.05, 0) is 102 Å². The molecule has 0 spiro atoms. The monoisotopic (exact) mass is 1390 g/mol. The Balaban J connectivity index is 0.000000147. The number of ether oxygens (including phenoxy) is 3. The van der Waals surface area contributed by atoms with Gasteiger partial charge >= 0.3 is 18.1 Å². The van der Waals surface area contributed by atoms with Gasteiger partial charge < -0.3 is 55.1 Å². The zero-order chi connectivity index (χ0) is 72.6. The number of imide groups is 3. The van der Waals surface area contributed by atoms with Gasteiger partial charge in [-0.15, -0.1) is 5.92 Å². The Morgan fingerprint density at radius 1 is 0.485 bits per heavy atom. The molecule has 3 saturated heterocycles. The molecule has 0 radical (unpaired) electrons. The van der Waals surface area contributed by atoms with E-state index in [4.69, 9.17) is 24.4 Å². The highest BCUT2D eigenvalue weighted by Crippen LogP contribution is 2.38. The number of urea groups is 3. The Hall–Kier alpha value is -13.2. The average molecular weight is 1390 g/mol. The number of hydrogen-bond donors (Lipinski definition) is 8. The molecule has 8 N–H and O–H groups in total. The highest BCUT2D eigenvalue weighted by Gasteiger charge is 2.53. The minimum Gasteiger partial charge on any atom is -0.481 e. The lowest BCUT2D eigenvalue weighted by atomic mass is 9.88. The molecule has 12 amide bonds. The second-order valence-electron chi connectivity index (χ2n) is 24.5. The molecule has 27 nitrogen and oxygen atoms in total. The van der Waals surface area contributed by atoms with E-state index in [1.807, 2.05) is 62.0 Å². The Bertz CT molecular complexity index is 4940. The highest BCUT2D eigenvalue weighted by atomic mass is 16.5. The summed E-state index contributed by atoms with van der Waals surface area (Å²) in [5, 5.41) is 37.1. The van der Waals surface area contributed by atoms with E-state index in [0.29, 0.717) is 62.9 Å². The molecular formula is C76H67N13O14. The van der Waals surface area contributed by atoms with Crippen molar-refractivity contribution in [1.82, 2.24) is 66.3 Å². The average Bonchev–Trinajstić information content (AvgIpc) is 1.70. The summed E-state index contributed by atoms with van der Waals surface area (Å²) in [5.74, 6) is 15.2. The fourth-order valence-electron chi connectivity index (χ4n) is 13.1. The SMILES string of the molecule is CC#CCOc1ccc2c(c1)C(=O)N(C[C@@]1(c3ccc(-c4cnccn4)cc3)NC(=O)NC1=O)C2.Cc1nn(C)c(C)c1-c1ccc([C@]2(CN3Cc4ccc(OCC#CCO)cc4C3=O)NC(=O)NC2=O)cc1.O=C1NC(=O)[C@](CN2Cc3cc(OCC#CCO)ccc3C2=O)(c2ccccc2)N1. The van der Waals surface area contributed by atoms with Gasteiger partial charge in [0, 0.05) is 72.6 Å². The van der Waals surface area contributed by atoms with E-state index in [1.54, 1.807) is 132 Å². The molecule has 14 rings (SSSR count). The second kappa shape index (κ2) is 29.7. The number of hydrogen-bond acceptors (Lipinski definition) is 17. The van der Waals surface area contributed by atoms with Crippen molar-refractivity contribution in [1.29, 1.82) is 0 Å². The number of aliphatic hydroxyl groups excluding tert-OH is 2. The fraction of sp³-hybridized carbons (Fsp3) is 0.237. The minimum atomic E-state index is -1.44. The van der Waals surface area contributed by atoms with E-state index >= 15 is 0 Å². The lowest BCUT2D eigenvalue weighted by molar-refractivity contribution is -0.125. The normalized spacial score (nSPS) is 18.7. The Labute approximate surface area is 590 Å². The summed E-state index contributed by atoms with van der Waals surface area (Å²) >= 11 is 0. The number of nitrogens with one attached hydrogen (secondary N) is 6. The van der Waals surface area contributed by atoms with Crippen molar-refractivity contribution in [2.45, 2.75) is 57.0 Å². The molecule has 6 aromatic carbocycles.